The minimum absolute atomic E-state index is 0.185. The highest BCUT2D eigenvalue weighted by molar-refractivity contribution is 5.86. The van der Waals surface area contributed by atoms with Crippen molar-refractivity contribution in [2.75, 3.05) is 12.4 Å². The van der Waals surface area contributed by atoms with Crippen molar-refractivity contribution in [3.63, 3.8) is 0 Å². The van der Waals surface area contributed by atoms with E-state index in [1.54, 1.807) is 10.9 Å². The molecule has 94 valence electrons. The van der Waals surface area contributed by atoms with Gasteiger partial charge in [-0.3, -0.25) is 4.68 Å². The molecular weight excluding hydrogens is 234 g/mol. The normalized spacial score (nSPS) is 10.1. The second-order valence-electron chi connectivity index (χ2n) is 3.65. The van der Waals surface area contributed by atoms with Crippen molar-refractivity contribution in [2.45, 2.75) is 6.54 Å². The highest BCUT2D eigenvalue weighted by Gasteiger charge is 2.07. The maximum absolute atomic E-state index is 11.2. The topological polar surface area (TPSA) is 81.9 Å². The molecule has 1 N–H and O–H groups in total. The first-order chi connectivity index (χ1) is 8.69. The number of anilines is 1. The first-order valence-corrected chi connectivity index (χ1v) is 5.31. The lowest BCUT2D eigenvalue weighted by Gasteiger charge is -2.03. The van der Waals surface area contributed by atoms with E-state index < -0.39 is 5.97 Å². The molecule has 0 aliphatic rings. The molecule has 0 spiro atoms. The van der Waals surface area contributed by atoms with Crippen molar-refractivity contribution in [3.05, 3.63) is 36.0 Å². The van der Waals surface area contributed by atoms with E-state index in [4.69, 9.17) is 0 Å². The molecule has 0 atom stereocenters. The number of methoxy groups -OCH3 is 1. The number of nitrogens with zero attached hydrogens (tertiary/aromatic N) is 4. The van der Waals surface area contributed by atoms with E-state index >= 15 is 0 Å². The molecule has 2 aromatic heterocycles. The summed E-state index contributed by atoms with van der Waals surface area (Å²) in [5, 5.41) is 7.14. The van der Waals surface area contributed by atoms with Gasteiger partial charge in [0.05, 0.1) is 25.7 Å². The molecule has 7 heteroatoms. The predicted octanol–water partition coefficient (Wildman–Crippen LogP) is 0.609. The Morgan fingerprint density at radius 1 is 1.39 bits per heavy atom. The number of hydrogen-bond acceptors (Lipinski definition) is 6. The zero-order valence-corrected chi connectivity index (χ0v) is 10.1. The second kappa shape index (κ2) is 5.26. The van der Waals surface area contributed by atoms with E-state index in [2.05, 4.69) is 25.1 Å². The molecule has 0 aliphatic carbocycles. The maximum atomic E-state index is 11.2. The highest BCUT2D eigenvalue weighted by atomic mass is 16.5. The molecule has 0 saturated carbocycles. The third-order valence-corrected chi connectivity index (χ3v) is 2.28. The fourth-order valence-electron chi connectivity index (χ4n) is 1.39. The van der Waals surface area contributed by atoms with E-state index in [9.17, 15) is 4.79 Å². The van der Waals surface area contributed by atoms with E-state index in [1.165, 1.54) is 19.5 Å². The van der Waals surface area contributed by atoms with Crippen molar-refractivity contribution in [3.8, 4) is 0 Å². The number of nitrogens with one attached hydrogen (secondary N) is 1. The summed E-state index contributed by atoms with van der Waals surface area (Å²) in [6.07, 6.45) is 6.53. The second-order valence-corrected chi connectivity index (χ2v) is 3.65. The summed E-state index contributed by atoms with van der Waals surface area (Å²) in [7, 11) is 3.16. The van der Waals surface area contributed by atoms with Gasteiger partial charge < -0.3 is 10.1 Å². The summed E-state index contributed by atoms with van der Waals surface area (Å²) in [5.41, 5.74) is 1.22. The van der Waals surface area contributed by atoms with Gasteiger partial charge in [0, 0.05) is 25.4 Å². The van der Waals surface area contributed by atoms with Gasteiger partial charge in [0.2, 0.25) is 0 Å². The van der Waals surface area contributed by atoms with Crippen LogP contribution in [0.4, 0.5) is 5.82 Å². The Kier molecular flexibility index (Phi) is 3.52. The minimum Gasteiger partial charge on any atom is -0.464 e. The van der Waals surface area contributed by atoms with Gasteiger partial charge in [-0.1, -0.05) is 0 Å². The van der Waals surface area contributed by atoms with Crippen LogP contribution in [0.1, 0.15) is 16.1 Å². The summed E-state index contributed by atoms with van der Waals surface area (Å²) >= 11 is 0. The fourth-order valence-corrected chi connectivity index (χ4v) is 1.39. The number of aromatic nitrogens is 4. The number of esters is 1. The van der Waals surface area contributed by atoms with Gasteiger partial charge in [0.15, 0.2) is 5.69 Å². The largest absolute Gasteiger partial charge is 0.464 e. The first-order valence-electron chi connectivity index (χ1n) is 5.31. The van der Waals surface area contributed by atoms with Gasteiger partial charge in [0.25, 0.3) is 0 Å². The lowest BCUT2D eigenvalue weighted by atomic mass is 10.3. The number of hydrogen-bond donors (Lipinski definition) is 1. The molecule has 2 aromatic rings. The van der Waals surface area contributed by atoms with Crippen LogP contribution in [-0.2, 0) is 18.3 Å². The Balaban J connectivity index is 1.96. The van der Waals surface area contributed by atoms with Crippen LogP contribution in [0.2, 0.25) is 0 Å². The lowest BCUT2D eigenvalue weighted by molar-refractivity contribution is 0.0593. The molecule has 0 unspecified atom stereocenters. The van der Waals surface area contributed by atoms with Crippen LogP contribution < -0.4 is 5.32 Å². The average Bonchev–Trinajstić information content (AvgIpc) is 2.82. The average molecular weight is 247 g/mol. The van der Waals surface area contributed by atoms with Crippen molar-refractivity contribution >= 4 is 11.8 Å². The van der Waals surface area contributed by atoms with Gasteiger partial charge in [-0.15, -0.1) is 0 Å². The fraction of sp³-hybridized carbons (Fsp3) is 0.273. The van der Waals surface area contributed by atoms with Crippen molar-refractivity contribution in [1.29, 1.82) is 0 Å². The monoisotopic (exact) mass is 247 g/mol. The van der Waals surface area contributed by atoms with Crippen molar-refractivity contribution in [1.82, 2.24) is 19.7 Å². The number of ether oxygens (including phenoxy) is 1. The van der Waals surface area contributed by atoms with Crippen LogP contribution >= 0.6 is 0 Å². The summed E-state index contributed by atoms with van der Waals surface area (Å²) in [5.74, 6) is 0.0906. The zero-order chi connectivity index (χ0) is 13.0. The molecule has 0 saturated heterocycles. The Labute approximate surface area is 104 Å². The Morgan fingerprint density at radius 3 is 2.78 bits per heavy atom. The first kappa shape index (κ1) is 12.0. The lowest BCUT2D eigenvalue weighted by Crippen LogP contribution is -2.07. The van der Waals surface area contributed by atoms with Gasteiger partial charge in [-0.2, -0.15) is 5.10 Å². The van der Waals surface area contributed by atoms with E-state index in [-0.39, 0.29) is 5.69 Å². The van der Waals surface area contributed by atoms with Crippen molar-refractivity contribution in [2.24, 2.45) is 7.05 Å². The van der Waals surface area contributed by atoms with Crippen molar-refractivity contribution < 1.29 is 9.53 Å². The Hall–Kier alpha value is -2.44. The molecule has 0 bridgehead atoms. The molecule has 0 radical (unpaired) electrons. The highest BCUT2D eigenvalue weighted by Crippen LogP contribution is 2.05. The van der Waals surface area contributed by atoms with Crippen LogP contribution in [0.15, 0.2) is 24.8 Å². The molecule has 0 aromatic carbocycles. The quantitative estimate of drug-likeness (QED) is 0.797. The summed E-state index contributed by atoms with van der Waals surface area (Å²) in [6.45, 7) is 0.597. The smallest absolute Gasteiger partial charge is 0.358 e. The Bertz CT molecular complexity index is 535. The van der Waals surface area contributed by atoms with Gasteiger partial charge >= 0.3 is 5.97 Å². The predicted molar refractivity (Wildman–Crippen MR) is 63.9 cm³/mol. The van der Waals surface area contributed by atoms with E-state index in [0.717, 1.165) is 5.56 Å². The number of carbonyl (C=O) groups excluding carboxylic acids is 1. The van der Waals surface area contributed by atoms with Gasteiger partial charge in [-0.25, -0.2) is 14.8 Å². The maximum Gasteiger partial charge on any atom is 0.358 e. The molecule has 2 heterocycles. The van der Waals surface area contributed by atoms with Gasteiger partial charge in [0.1, 0.15) is 5.82 Å². The molecule has 0 aliphatic heterocycles. The van der Waals surface area contributed by atoms with Crippen LogP contribution in [0.25, 0.3) is 0 Å². The Morgan fingerprint density at radius 2 is 2.22 bits per heavy atom. The zero-order valence-electron chi connectivity index (χ0n) is 10.1. The summed E-state index contributed by atoms with van der Waals surface area (Å²) in [6, 6.07) is 0. The standard InChI is InChI=1S/C11H13N5O2/c1-16-7-8(4-15-16)3-13-10-6-12-9(5-14-10)11(17)18-2/h4-7H,3H2,1-2H3,(H,13,14). The summed E-state index contributed by atoms with van der Waals surface area (Å²) < 4.78 is 6.26. The third kappa shape index (κ3) is 2.82. The van der Waals surface area contributed by atoms with Crippen LogP contribution in [0.5, 0.6) is 0 Å². The molecule has 18 heavy (non-hydrogen) atoms. The molecular formula is C11H13N5O2. The van der Waals surface area contributed by atoms with Crippen LogP contribution in [0.3, 0.4) is 0 Å². The SMILES string of the molecule is COC(=O)c1cnc(NCc2cnn(C)c2)cn1. The van der Waals surface area contributed by atoms with E-state index in [1.807, 2.05) is 13.2 Å². The minimum atomic E-state index is -0.499. The van der Waals surface area contributed by atoms with Crippen LogP contribution in [-0.4, -0.2) is 32.8 Å². The molecule has 0 fully saturated rings. The molecule has 7 nitrogen and oxygen atoms in total. The van der Waals surface area contributed by atoms with Crippen LogP contribution in [0, 0.1) is 0 Å². The van der Waals surface area contributed by atoms with E-state index in [0.29, 0.717) is 12.4 Å². The number of rotatable bonds is 4. The molecule has 2 rings (SSSR count). The molecule has 0 amide bonds. The number of carbonyl (C=O) groups is 1. The third-order valence-electron chi connectivity index (χ3n) is 2.28. The number of aryl methyl sites for hydroxylation is 1. The summed E-state index contributed by atoms with van der Waals surface area (Å²) in [4.78, 5) is 19.2. The van der Waals surface area contributed by atoms with Gasteiger partial charge in [-0.05, 0) is 0 Å².